The molecule has 2 aromatic rings. The van der Waals surface area contributed by atoms with E-state index < -0.39 is 0 Å². The zero-order valence-electron chi connectivity index (χ0n) is 13.7. The molecule has 4 nitrogen and oxygen atoms in total. The number of ether oxygens (including phenoxy) is 1. The second-order valence-electron chi connectivity index (χ2n) is 5.70. The van der Waals surface area contributed by atoms with Crippen LogP contribution in [-0.2, 0) is 12.8 Å². The lowest BCUT2D eigenvalue weighted by Crippen LogP contribution is -2.10. The molecule has 1 N–H and O–H groups in total. The molecule has 0 spiro atoms. The maximum atomic E-state index is 5.54. The van der Waals surface area contributed by atoms with Crippen molar-refractivity contribution in [3.63, 3.8) is 0 Å². The fourth-order valence-electron chi connectivity index (χ4n) is 2.22. The molecule has 0 bridgehead atoms. The molecule has 1 aromatic carbocycles. The number of aromatic nitrogens is 2. The van der Waals surface area contributed by atoms with Crippen LogP contribution in [0.1, 0.15) is 32.2 Å². The molecule has 0 unspecified atom stereocenters. The van der Waals surface area contributed by atoms with E-state index in [2.05, 4.69) is 53.4 Å². The van der Waals surface area contributed by atoms with Crippen LogP contribution in [0.5, 0.6) is 5.88 Å². The molecule has 1 heterocycles. The summed E-state index contributed by atoms with van der Waals surface area (Å²) >= 11 is 0. The fourth-order valence-corrected chi connectivity index (χ4v) is 2.22. The van der Waals surface area contributed by atoms with Crippen LogP contribution in [0.2, 0.25) is 0 Å². The SMILES string of the molecule is CCOc1cc(NCCc2ccccc2)nc(CC(C)C)n1. The highest BCUT2D eigenvalue weighted by atomic mass is 16.5. The van der Waals surface area contributed by atoms with E-state index in [9.17, 15) is 0 Å². The van der Waals surface area contributed by atoms with Crippen molar-refractivity contribution in [2.45, 2.75) is 33.6 Å². The Bertz CT molecular complexity index is 570. The molecule has 0 saturated carbocycles. The number of hydrogen-bond acceptors (Lipinski definition) is 4. The van der Waals surface area contributed by atoms with E-state index in [4.69, 9.17) is 4.74 Å². The lowest BCUT2D eigenvalue weighted by Gasteiger charge is -2.11. The van der Waals surface area contributed by atoms with Crippen molar-refractivity contribution in [2.75, 3.05) is 18.5 Å². The largest absolute Gasteiger partial charge is 0.478 e. The standard InChI is InChI=1S/C18H25N3O/c1-4-22-18-13-16(20-17(21-18)12-14(2)3)19-11-10-15-8-6-5-7-9-15/h5-9,13-14H,4,10-12H2,1-3H3,(H,19,20,21). The van der Waals surface area contributed by atoms with Crippen LogP contribution in [0.4, 0.5) is 5.82 Å². The molecule has 0 radical (unpaired) electrons. The van der Waals surface area contributed by atoms with Crippen LogP contribution in [0.25, 0.3) is 0 Å². The summed E-state index contributed by atoms with van der Waals surface area (Å²) in [5, 5.41) is 3.37. The topological polar surface area (TPSA) is 47.0 Å². The fraction of sp³-hybridized carbons (Fsp3) is 0.444. The highest BCUT2D eigenvalue weighted by Crippen LogP contribution is 2.16. The van der Waals surface area contributed by atoms with Crippen LogP contribution < -0.4 is 10.1 Å². The third-order valence-electron chi connectivity index (χ3n) is 3.19. The number of nitrogens with zero attached hydrogens (tertiary/aromatic N) is 2. The van der Waals surface area contributed by atoms with Gasteiger partial charge in [0.05, 0.1) is 6.61 Å². The lowest BCUT2D eigenvalue weighted by molar-refractivity contribution is 0.324. The predicted molar refractivity (Wildman–Crippen MR) is 90.4 cm³/mol. The van der Waals surface area contributed by atoms with E-state index in [-0.39, 0.29) is 0 Å². The molecule has 1 aromatic heterocycles. The summed E-state index contributed by atoms with van der Waals surface area (Å²) in [6, 6.07) is 12.3. The van der Waals surface area contributed by atoms with Gasteiger partial charge in [-0.3, -0.25) is 0 Å². The van der Waals surface area contributed by atoms with Crippen LogP contribution in [-0.4, -0.2) is 23.1 Å². The van der Waals surface area contributed by atoms with E-state index in [1.54, 1.807) is 0 Å². The van der Waals surface area contributed by atoms with Gasteiger partial charge in [-0.15, -0.1) is 0 Å². The molecule has 0 saturated heterocycles. The predicted octanol–water partition coefficient (Wildman–Crippen LogP) is 3.73. The molecule has 0 aliphatic rings. The van der Waals surface area contributed by atoms with Gasteiger partial charge >= 0.3 is 0 Å². The van der Waals surface area contributed by atoms with E-state index in [0.29, 0.717) is 18.4 Å². The molecule has 2 rings (SSSR count). The smallest absolute Gasteiger partial charge is 0.218 e. The summed E-state index contributed by atoms with van der Waals surface area (Å²) < 4.78 is 5.54. The van der Waals surface area contributed by atoms with Crippen molar-refractivity contribution in [1.29, 1.82) is 0 Å². The molecule has 118 valence electrons. The number of nitrogens with one attached hydrogen (secondary N) is 1. The van der Waals surface area contributed by atoms with Crippen LogP contribution in [0.15, 0.2) is 36.4 Å². The Labute approximate surface area is 133 Å². The van der Waals surface area contributed by atoms with Crippen molar-refractivity contribution in [1.82, 2.24) is 9.97 Å². The first kappa shape index (κ1) is 16.3. The van der Waals surface area contributed by atoms with E-state index >= 15 is 0 Å². The third kappa shape index (κ3) is 5.35. The van der Waals surface area contributed by atoms with E-state index in [1.807, 2.05) is 19.1 Å². The summed E-state index contributed by atoms with van der Waals surface area (Å²) in [4.78, 5) is 9.04. The first-order chi connectivity index (χ1) is 10.7. The first-order valence-corrected chi connectivity index (χ1v) is 7.96. The number of anilines is 1. The third-order valence-corrected chi connectivity index (χ3v) is 3.19. The van der Waals surface area contributed by atoms with Crippen LogP contribution in [0.3, 0.4) is 0 Å². The minimum absolute atomic E-state index is 0.522. The summed E-state index contributed by atoms with van der Waals surface area (Å²) in [6.45, 7) is 7.75. The second kappa shape index (κ2) is 8.37. The van der Waals surface area contributed by atoms with Gasteiger partial charge in [0, 0.05) is 19.0 Å². The average molecular weight is 299 g/mol. The Morgan fingerprint density at radius 1 is 1.14 bits per heavy atom. The van der Waals surface area contributed by atoms with E-state index in [1.165, 1.54) is 5.56 Å². The van der Waals surface area contributed by atoms with Crippen molar-refractivity contribution < 1.29 is 4.74 Å². The maximum Gasteiger partial charge on any atom is 0.218 e. The summed E-state index contributed by atoms with van der Waals surface area (Å²) in [5.41, 5.74) is 1.32. The molecule has 0 fully saturated rings. The Hall–Kier alpha value is -2.10. The van der Waals surface area contributed by atoms with Gasteiger partial charge in [0.25, 0.3) is 0 Å². The molecule has 4 heteroatoms. The number of hydrogen-bond donors (Lipinski definition) is 1. The highest BCUT2D eigenvalue weighted by molar-refractivity contribution is 5.38. The Morgan fingerprint density at radius 2 is 1.91 bits per heavy atom. The highest BCUT2D eigenvalue weighted by Gasteiger charge is 2.07. The molecule has 0 atom stereocenters. The monoisotopic (exact) mass is 299 g/mol. The lowest BCUT2D eigenvalue weighted by atomic mass is 10.1. The van der Waals surface area contributed by atoms with Crippen molar-refractivity contribution in [3.8, 4) is 5.88 Å². The quantitative estimate of drug-likeness (QED) is 0.807. The molecule has 0 amide bonds. The van der Waals surface area contributed by atoms with Gasteiger partial charge in [-0.1, -0.05) is 44.2 Å². The van der Waals surface area contributed by atoms with E-state index in [0.717, 1.165) is 31.0 Å². The zero-order valence-corrected chi connectivity index (χ0v) is 13.7. The molecular weight excluding hydrogens is 274 g/mol. The molecule has 22 heavy (non-hydrogen) atoms. The average Bonchev–Trinajstić information content (AvgIpc) is 2.48. The number of benzene rings is 1. The molecule has 0 aliphatic carbocycles. The summed E-state index contributed by atoms with van der Waals surface area (Å²) in [7, 11) is 0. The minimum atomic E-state index is 0.522. The molecule has 0 aliphatic heterocycles. The Morgan fingerprint density at radius 3 is 2.59 bits per heavy atom. The van der Waals surface area contributed by atoms with Gasteiger partial charge in [-0.2, -0.15) is 4.98 Å². The second-order valence-corrected chi connectivity index (χ2v) is 5.70. The Kier molecular flexibility index (Phi) is 6.19. The van der Waals surface area contributed by atoms with Crippen molar-refractivity contribution >= 4 is 5.82 Å². The zero-order chi connectivity index (χ0) is 15.8. The first-order valence-electron chi connectivity index (χ1n) is 7.96. The van der Waals surface area contributed by atoms with Gasteiger partial charge in [-0.25, -0.2) is 4.98 Å². The van der Waals surface area contributed by atoms with Crippen LogP contribution in [0, 0.1) is 5.92 Å². The number of rotatable bonds is 8. The van der Waals surface area contributed by atoms with Crippen molar-refractivity contribution in [2.24, 2.45) is 5.92 Å². The summed E-state index contributed by atoms with van der Waals surface area (Å²) in [6.07, 6.45) is 1.82. The van der Waals surface area contributed by atoms with Gasteiger partial charge < -0.3 is 10.1 Å². The van der Waals surface area contributed by atoms with Gasteiger partial charge in [0.2, 0.25) is 5.88 Å². The summed E-state index contributed by atoms with van der Waals surface area (Å²) in [5.74, 6) is 2.84. The maximum absolute atomic E-state index is 5.54. The minimum Gasteiger partial charge on any atom is -0.478 e. The van der Waals surface area contributed by atoms with Gasteiger partial charge in [0.1, 0.15) is 11.6 Å². The van der Waals surface area contributed by atoms with Gasteiger partial charge in [-0.05, 0) is 24.8 Å². The Balaban J connectivity index is 2.00. The van der Waals surface area contributed by atoms with Gasteiger partial charge in [0.15, 0.2) is 0 Å². The van der Waals surface area contributed by atoms with Crippen LogP contribution >= 0.6 is 0 Å². The van der Waals surface area contributed by atoms with Crippen molar-refractivity contribution in [3.05, 3.63) is 47.8 Å². The molecular formula is C18H25N3O. The normalized spacial score (nSPS) is 10.7.